The maximum absolute atomic E-state index is 12.7. The van der Waals surface area contributed by atoms with E-state index in [0.29, 0.717) is 66.5 Å². The zero-order valence-electron chi connectivity index (χ0n) is 17.2. The van der Waals surface area contributed by atoms with Crippen molar-refractivity contribution in [3.05, 3.63) is 42.2 Å². The van der Waals surface area contributed by atoms with Crippen LogP contribution in [0.25, 0.3) is 11.5 Å². The Hall–Kier alpha value is -3.75. The van der Waals surface area contributed by atoms with Gasteiger partial charge in [0.1, 0.15) is 24.7 Å². The molecule has 0 bridgehead atoms. The highest BCUT2D eigenvalue weighted by molar-refractivity contribution is 5.96. The first-order valence-electron chi connectivity index (χ1n) is 9.92. The minimum Gasteiger partial charge on any atom is -0.497 e. The number of hydrogen-bond acceptors (Lipinski definition) is 8. The quantitative estimate of drug-likeness (QED) is 0.618. The molecule has 0 aliphatic carbocycles. The van der Waals surface area contributed by atoms with Crippen molar-refractivity contribution >= 4 is 11.6 Å². The molecule has 0 N–H and O–H groups in total. The van der Waals surface area contributed by atoms with Crippen molar-refractivity contribution in [3.63, 3.8) is 0 Å². The van der Waals surface area contributed by atoms with Crippen molar-refractivity contribution in [2.24, 2.45) is 0 Å². The lowest BCUT2D eigenvalue weighted by Gasteiger charge is -2.22. The average Bonchev–Trinajstić information content (AvgIpc) is 3.45. The fourth-order valence-corrected chi connectivity index (χ4v) is 3.82. The van der Waals surface area contributed by atoms with Gasteiger partial charge in [0.05, 0.1) is 19.8 Å². The minimum atomic E-state index is -0.178. The van der Waals surface area contributed by atoms with Gasteiger partial charge in [-0.1, -0.05) is 5.16 Å². The summed E-state index contributed by atoms with van der Waals surface area (Å²) in [6, 6.07) is 10.9. The lowest BCUT2D eigenvalue weighted by Crippen LogP contribution is -2.25. The zero-order chi connectivity index (χ0) is 21.4. The Balaban J connectivity index is 1.37. The standard InChI is InChI=1S/C22H21N3O6/c1-27-15-4-5-16(18(11-15)28-2)22-23-21(24-31-22)13-9-20(26)25(12-13)14-3-6-17-19(10-14)30-8-7-29-17/h3-6,10-11,13H,7-9,12H2,1-2H3. The van der Waals surface area contributed by atoms with Crippen molar-refractivity contribution in [1.29, 1.82) is 0 Å². The highest BCUT2D eigenvalue weighted by Crippen LogP contribution is 2.38. The molecule has 9 heteroatoms. The van der Waals surface area contributed by atoms with Gasteiger partial charge in [-0.3, -0.25) is 4.79 Å². The van der Waals surface area contributed by atoms with Crippen molar-refractivity contribution in [1.82, 2.24) is 10.1 Å². The number of fused-ring (bicyclic) bond motifs is 1. The highest BCUT2D eigenvalue weighted by atomic mass is 16.6. The molecular weight excluding hydrogens is 402 g/mol. The van der Waals surface area contributed by atoms with Gasteiger partial charge in [-0.25, -0.2) is 0 Å². The summed E-state index contributed by atoms with van der Waals surface area (Å²) in [5, 5.41) is 4.13. The van der Waals surface area contributed by atoms with E-state index in [4.69, 9.17) is 23.5 Å². The molecule has 3 aromatic rings. The number of ether oxygens (including phenoxy) is 4. The molecule has 2 aliphatic rings. The van der Waals surface area contributed by atoms with Crippen LogP contribution in [-0.2, 0) is 4.79 Å². The third-order valence-corrected chi connectivity index (χ3v) is 5.41. The van der Waals surface area contributed by atoms with Gasteiger partial charge in [-0.05, 0) is 24.3 Å². The van der Waals surface area contributed by atoms with Gasteiger partial charge < -0.3 is 28.4 Å². The van der Waals surface area contributed by atoms with Crippen LogP contribution in [0.1, 0.15) is 18.2 Å². The van der Waals surface area contributed by atoms with Gasteiger partial charge in [0.2, 0.25) is 5.91 Å². The number of amides is 1. The number of benzene rings is 2. The Labute approximate surface area is 178 Å². The van der Waals surface area contributed by atoms with E-state index in [1.165, 1.54) is 0 Å². The van der Waals surface area contributed by atoms with E-state index in [1.807, 2.05) is 18.2 Å². The van der Waals surface area contributed by atoms with Crippen molar-refractivity contribution in [3.8, 4) is 34.5 Å². The number of anilines is 1. The number of aromatic nitrogens is 2. The van der Waals surface area contributed by atoms with Gasteiger partial charge in [0.15, 0.2) is 17.3 Å². The molecule has 1 atom stereocenters. The molecule has 31 heavy (non-hydrogen) atoms. The fraction of sp³-hybridized carbons (Fsp3) is 0.318. The van der Waals surface area contributed by atoms with Crippen LogP contribution in [-0.4, -0.2) is 50.0 Å². The summed E-state index contributed by atoms with van der Waals surface area (Å²) in [6.45, 7) is 1.47. The van der Waals surface area contributed by atoms with E-state index >= 15 is 0 Å². The fourth-order valence-electron chi connectivity index (χ4n) is 3.82. The molecule has 0 spiro atoms. The first kappa shape index (κ1) is 19.2. The molecular formula is C22H21N3O6. The van der Waals surface area contributed by atoms with Crippen LogP contribution >= 0.6 is 0 Å². The highest BCUT2D eigenvalue weighted by Gasteiger charge is 2.35. The maximum Gasteiger partial charge on any atom is 0.261 e. The molecule has 1 saturated heterocycles. The minimum absolute atomic E-state index is 0.00458. The van der Waals surface area contributed by atoms with Gasteiger partial charge >= 0.3 is 0 Å². The molecule has 3 heterocycles. The van der Waals surface area contributed by atoms with Crippen LogP contribution in [0.5, 0.6) is 23.0 Å². The smallest absolute Gasteiger partial charge is 0.261 e. The number of hydrogen-bond donors (Lipinski definition) is 0. The van der Waals surface area contributed by atoms with E-state index in [0.717, 1.165) is 5.69 Å². The number of carbonyl (C=O) groups excluding carboxylic acids is 1. The molecule has 9 nitrogen and oxygen atoms in total. The summed E-state index contributed by atoms with van der Waals surface area (Å²) < 4.78 is 27.3. The van der Waals surface area contributed by atoms with Crippen LogP contribution in [0, 0.1) is 0 Å². The Morgan fingerprint density at radius 2 is 1.87 bits per heavy atom. The zero-order valence-corrected chi connectivity index (χ0v) is 17.2. The second-order valence-corrected chi connectivity index (χ2v) is 7.26. The molecule has 1 aromatic heterocycles. The first-order valence-corrected chi connectivity index (χ1v) is 9.92. The SMILES string of the molecule is COc1ccc(-c2nc(C3CC(=O)N(c4ccc5c(c4)OCCO5)C3)no2)c(OC)c1. The molecule has 0 saturated carbocycles. The summed E-state index contributed by atoms with van der Waals surface area (Å²) in [5.41, 5.74) is 1.42. The van der Waals surface area contributed by atoms with Crippen LogP contribution in [0.3, 0.4) is 0 Å². The summed E-state index contributed by atoms with van der Waals surface area (Å²) in [4.78, 5) is 19.0. The third-order valence-electron chi connectivity index (χ3n) is 5.41. The number of rotatable bonds is 5. The Morgan fingerprint density at radius 1 is 1.03 bits per heavy atom. The molecule has 1 unspecified atom stereocenters. The second-order valence-electron chi connectivity index (χ2n) is 7.26. The van der Waals surface area contributed by atoms with Gasteiger partial charge in [-0.15, -0.1) is 0 Å². The number of nitrogens with zero attached hydrogens (tertiary/aromatic N) is 3. The number of methoxy groups -OCH3 is 2. The molecule has 1 amide bonds. The Kier molecular flexibility index (Phi) is 4.85. The number of carbonyl (C=O) groups is 1. The Morgan fingerprint density at radius 3 is 2.68 bits per heavy atom. The second kappa shape index (κ2) is 7.82. The van der Waals surface area contributed by atoms with Crippen molar-refractivity contribution < 1.29 is 28.3 Å². The van der Waals surface area contributed by atoms with Crippen LogP contribution in [0.2, 0.25) is 0 Å². The van der Waals surface area contributed by atoms with Crippen LogP contribution in [0.15, 0.2) is 40.9 Å². The lowest BCUT2D eigenvalue weighted by atomic mass is 10.1. The van der Waals surface area contributed by atoms with Crippen molar-refractivity contribution in [2.45, 2.75) is 12.3 Å². The first-order chi connectivity index (χ1) is 15.2. The lowest BCUT2D eigenvalue weighted by molar-refractivity contribution is -0.117. The normalized spacial score (nSPS) is 17.7. The van der Waals surface area contributed by atoms with Gasteiger partial charge in [-0.2, -0.15) is 4.98 Å². The van der Waals surface area contributed by atoms with E-state index < -0.39 is 0 Å². The third kappa shape index (κ3) is 3.52. The van der Waals surface area contributed by atoms with E-state index in [2.05, 4.69) is 10.1 Å². The van der Waals surface area contributed by atoms with Crippen LogP contribution in [0.4, 0.5) is 5.69 Å². The van der Waals surface area contributed by atoms with E-state index in [1.54, 1.807) is 37.3 Å². The average molecular weight is 423 g/mol. The predicted octanol–water partition coefficient (Wildman–Crippen LogP) is 3.05. The van der Waals surface area contributed by atoms with Gasteiger partial charge in [0, 0.05) is 36.7 Å². The summed E-state index contributed by atoms with van der Waals surface area (Å²) in [5.74, 6) is 3.20. The molecule has 1 fully saturated rings. The molecule has 0 radical (unpaired) electrons. The van der Waals surface area contributed by atoms with E-state index in [-0.39, 0.29) is 11.8 Å². The summed E-state index contributed by atoms with van der Waals surface area (Å²) >= 11 is 0. The van der Waals surface area contributed by atoms with Crippen molar-refractivity contribution in [2.75, 3.05) is 38.9 Å². The Bertz CT molecular complexity index is 1130. The summed E-state index contributed by atoms with van der Waals surface area (Å²) in [7, 11) is 3.15. The van der Waals surface area contributed by atoms with Crippen LogP contribution < -0.4 is 23.8 Å². The summed E-state index contributed by atoms with van der Waals surface area (Å²) in [6.07, 6.45) is 0.299. The van der Waals surface area contributed by atoms with E-state index in [9.17, 15) is 4.79 Å². The molecule has 160 valence electrons. The topological polar surface area (TPSA) is 96.2 Å². The van der Waals surface area contributed by atoms with Gasteiger partial charge in [0.25, 0.3) is 5.89 Å². The monoisotopic (exact) mass is 423 g/mol. The predicted molar refractivity (Wildman–Crippen MR) is 110 cm³/mol. The molecule has 2 aliphatic heterocycles. The maximum atomic E-state index is 12.7. The largest absolute Gasteiger partial charge is 0.497 e. The molecule has 5 rings (SSSR count). The molecule has 2 aromatic carbocycles.